The summed E-state index contributed by atoms with van der Waals surface area (Å²) in [5.74, 6) is 1.72. The SMILES string of the molecule is CCOc1ccc(N)cc1CSc1cc(C)nn1C. The highest BCUT2D eigenvalue weighted by molar-refractivity contribution is 7.98. The van der Waals surface area contributed by atoms with E-state index in [1.165, 1.54) is 0 Å². The van der Waals surface area contributed by atoms with Crippen molar-refractivity contribution in [3.63, 3.8) is 0 Å². The average Bonchev–Trinajstić information content (AvgIpc) is 2.68. The third-order valence-corrected chi connectivity index (χ3v) is 3.85. The molecule has 0 unspecified atom stereocenters. The lowest BCUT2D eigenvalue weighted by molar-refractivity contribution is 0.337. The lowest BCUT2D eigenvalue weighted by Gasteiger charge is -2.10. The fourth-order valence-corrected chi connectivity index (χ4v) is 2.89. The van der Waals surface area contributed by atoms with E-state index in [1.54, 1.807) is 11.8 Å². The molecule has 102 valence electrons. The standard InChI is InChI=1S/C14H19N3OS/c1-4-18-13-6-5-12(15)8-11(13)9-19-14-7-10(2)16-17(14)3/h5-8H,4,9,15H2,1-3H3. The zero-order valence-corrected chi connectivity index (χ0v) is 12.3. The minimum atomic E-state index is 0.659. The highest BCUT2D eigenvalue weighted by atomic mass is 32.2. The number of ether oxygens (including phenoxy) is 1. The number of benzene rings is 1. The van der Waals surface area contributed by atoms with Crippen LogP contribution in [0.5, 0.6) is 5.75 Å². The number of anilines is 1. The summed E-state index contributed by atoms with van der Waals surface area (Å²) in [6, 6.07) is 7.86. The topological polar surface area (TPSA) is 53.1 Å². The van der Waals surface area contributed by atoms with Crippen LogP contribution in [0.1, 0.15) is 18.2 Å². The van der Waals surface area contributed by atoms with Crippen molar-refractivity contribution in [1.29, 1.82) is 0 Å². The van der Waals surface area contributed by atoms with Gasteiger partial charge < -0.3 is 10.5 Å². The monoisotopic (exact) mass is 277 g/mol. The first-order valence-electron chi connectivity index (χ1n) is 6.24. The highest BCUT2D eigenvalue weighted by Gasteiger charge is 2.08. The summed E-state index contributed by atoms with van der Waals surface area (Å²) in [6.07, 6.45) is 0. The van der Waals surface area contributed by atoms with E-state index in [2.05, 4.69) is 11.2 Å². The molecule has 0 atom stereocenters. The Morgan fingerprint density at radius 3 is 2.79 bits per heavy atom. The van der Waals surface area contributed by atoms with E-state index in [0.29, 0.717) is 6.61 Å². The van der Waals surface area contributed by atoms with E-state index >= 15 is 0 Å². The Kier molecular flexibility index (Phi) is 4.37. The van der Waals surface area contributed by atoms with Crippen molar-refractivity contribution < 1.29 is 4.74 Å². The van der Waals surface area contributed by atoms with Crippen LogP contribution >= 0.6 is 11.8 Å². The summed E-state index contributed by atoms with van der Waals surface area (Å²) < 4.78 is 7.52. The maximum atomic E-state index is 5.84. The van der Waals surface area contributed by atoms with Crippen LogP contribution in [0.4, 0.5) is 5.69 Å². The predicted octanol–water partition coefficient (Wildman–Crippen LogP) is 3.00. The van der Waals surface area contributed by atoms with Crippen molar-refractivity contribution >= 4 is 17.4 Å². The molecule has 1 aromatic carbocycles. The van der Waals surface area contributed by atoms with Gasteiger partial charge in [-0.2, -0.15) is 5.10 Å². The van der Waals surface area contributed by atoms with Gasteiger partial charge in [0.15, 0.2) is 0 Å². The molecule has 0 radical (unpaired) electrons. The Morgan fingerprint density at radius 1 is 1.37 bits per heavy atom. The van der Waals surface area contributed by atoms with Crippen molar-refractivity contribution in [2.24, 2.45) is 7.05 Å². The maximum Gasteiger partial charge on any atom is 0.123 e. The van der Waals surface area contributed by atoms with Crippen LogP contribution in [-0.4, -0.2) is 16.4 Å². The molecular weight excluding hydrogens is 258 g/mol. The number of hydrogen-bond donors (Lipinski definition) is 1. The molecule has 4 nitrogen and oxygen atoms in total. The van der Waals surface area contributed by atoms with Crippen molar-refractivity contribution in [2.45, 2.75) is 24.6 Å². The van der Waals surface area contributed by atoms with Crippen molar-refractivity contribution in [2.75, 3.05) is 12.3 Å². The Labute approximate surface area is 117 Å². The number of nitrogen functional groups attached to an aromatic ring is 1. The molecule has 2 N–H and O–H groups in total. The van der Waals surface area contributed by atoms with Gasteiger partial charge in [-0.15, -0.1) is 11.8 Å². The third-order valence-electron chi connectivity index (χ3n) is 2.72. The first kappa shape index (κ1) is 13.8. The first-order chi connectivity index (χ1) is 9.10. The molecule has 1 heterocycles. The van der Waals surface area contributed by atoms with Crippen LogP contribution in [0.25, 0.3) is 0 Å². The van der Waals surface area contributed by atoms with Gasteiger partial charge >= 0.3 is 0 Å². The van der Waals surface area contributed by atoms with E-state index in [4.69, 9.17) is 10.5 Å². The molecule has 0 bridgehead atoms. The molecule has 1 aromatic heterocycles. The van der Waals surface area contributed by atoms with Crippen LogP contribution in [0, 0.1) is 6.92 Å². The fraction of sp³-hybridized carbons (Fsp3) is 0.357. The summed E-state index contributed by atoms with van der Waals surface area (Å²) in [6.45, 7) is 4.64. The molecule has 0 fully saturated rings. The summed E-state index contributed by atoms with van der Waals surface area (Å²) in [5, 5.41) is 5.48. The smallest absolute Gasteiger partial charge is 0.123 e. The number of nitrogens with zero attached hydrogens (tertiary/aromatic N) is 2. The van der Waals surface area contributed by atoms with E-state index in [1.807, 2.05) is 43.8 Å². The van der Waals surface area contributed by atoms with Gasteiger partial charge in [0.05, 0.1) is 17.3 Å². The van der Waals surface area contributed by atoms with Crippen LogP contribution in [0.2, 0.25) is 0 Å². The molecule has 5 heteroatoms. The first-order valence-corrected chi connectivity index (χ1v) is 7.23. The second-order valence-electron chi connectivity index (χ2n) is 4.34. The molecule has 0 aliphatic rings. The van der Waals surface area contributed by atoms with Crippen LogP contribution in [-0.2, 0) is 12.8 Å². The summed E-state index contributed by atoms with van der Waals surface area (Å²) in [7, 11) is 1.96. The molecule has 0 saturated heterocycles. The molecule has 0 aliphatic carbocycles. The molecular formula is C14H19N3OS. The molecule has 19 heavy (non-hydrogen) atoms. The highest BCUT2D eigenvalue weighted by Crippen LogP contribution is 2.29. The number of aromatic nitrogens is 2. The molecule has 2 rings (SSSR count). The van der Waals surface area contributed by atoms with Crippen molar-refractivity contribution in [1.82, 2.24) is 9.78 Å². The lowest BCUT2D eigenvalue weighted by atomic mass is 10.2. The average molecular weight is 277 g/mol. The van der Waals surface area contributed by atoms with Gasteiger partial charge in [0.2, 0.25) is 0 Å². The van der Waals surface area contributed by atoms with Crippen LogP contribution < -0.4 is 10.5 Å². The maximum absolute atomic E-state index is 5.84. The van der Waals surface area contributed by atoms with Gasteiger partial charge in [-0.3, -0.25) is 4.68 Å². The van der Waals surface area contributed by atoms with Crippen LogP contribution in [0.15, 0.2) is 29.3 Å². The van der Waals surface area contributed by atoms with E-state index in [9.17, 15) is 0 Å². The number of aryl methyl sites for hydroxylation is 2. The molecule has 2 aromatic rings. The minimum absolute atomic E-state index is 0.659. The zero-order valence-electron chi connectivity index (χ0n) is 11.5. The Balaban J connectivity index is 2.14. The van der Waals surface area contributed by atoms with E-state index in [-0.39, 0.29) is 0 Å². The number of thioether (sulfide) groups is 1. The molecule has 0 spiro atoms. The van der Waals surface area contributed by atoms with E-state index in [0.717, 1.165) is 33.5 Å². The van der Waals surface area contributed by atoms with Gasteiger partial charge in [-0.25, -0.2) is 0 Å². The normalized spacial score (nSPS) is 10.7. The second kappa shape index (κ2) is 6.02. The van der Waals surface area contributed by atoms with Gasteiger partial charge in [0, 0.05) is 24.1 Å². The van der Waals surface area contributed by atoms with Crippen molar-refractivity contribution in [3.8, 4) is 5.75 Å². The Hall–Kier alpha value is -1.62. The largest absolute Gasteiger partial charge is 0.494 e. The summed E-state index contributed by atoms with van der Waals surface area (Å²) >= 11 is 1.73. The molecule has 0 amide bonds. The predicted molar refractivity (Wildman–Crippen MR) is 79.5 cm³/mol. The minimum Gasteiger partial charge on any atom is -0.494 e. The van der Waals surface area contributed by atoms with Gasteiger partial charge in [-0.05, 0) is 38.1 Å². The van der Waals surface area contributed by atoms with Gasteiger partial charge in [-0.1, -0.05) is 0 Å². The lowest BCUT2D eigenvalue weighted by Crippen LogP contribution is -1.98. The second-order valence-corrected chi connectivity index (χ2v) is 5.33. The Bertz CT molecular complexity index is 566. The summed E-state index contributed by atoms with van der Waals surface area (Å²) in [5.41, 5.74) is 8.75. The van der Waals surface area contributed by atoms with E-state index < -0.39 is 0 Å². The quantitative estimate of drug-likeness (QED) is 0.674. The molecule has 0 aliphatic heterocycles. The number of nitrogens with two attached hydrogens (primary N) is 1. The number of hydrogen-bond acceptors (Lipinski definition) is 4. The number of rotatable bonds is 5. The Morgan fingerprint density at radius 2 is 2.16 bits per heavy atom. The zero-order chi connectivity index (χ0) is 13.8. The molecule has 0 saturated carbocycles. The van der Waals surface area contributed by atoms with Gasteiger partial charge in [0.1, 0.15) is 5.75 Å². The third kappa shape index (κ3) is 3.44. The van der Waals surface area contributed by atoms with Crippen molar-refractivity contribution in [3.05, 3.63) is 35.5 Å². The van der Waals surface area contributed by atoms with Crippen LogP contribution in [0.3, 0.4) is 0 Å². The fourth-order valence-electron chi connectivity index (χ4n) is 1.88. The summed E-state index contributed by atoms with van der Waals surface area (Å²) in [4.78, 5) is 0. The van der Waals surface area contributed by atoms with Gasteiger partial charge in [0.25, 0.3) is 0 Å².